The molecule has 5 nitrogen and oxygen atoms in total. The molecule has 0 bridgehead atoms. The largest absolute Gasteiger partial charge is 0.483 e. The van der Waals surface area contributed by atoms with E-state index < -0.39 is 5.97 Å². The van der Waals surface area contributed by atoms with Crippen molar-refractivity contribution in [3.8, 4) is 5.75 Å². The van der Waals surface area contributed by atoms with Gasteiger partial charge in [-0.1, -0.05) is 42.5 Å². The summed E-state index contributed by atoms with van der Waals surface area (Å²) in [7, 11) is 0. The molecule has 1 atom stereocenters. The number of hydrogen-bond acceptors (Lipinski definition) is 3. The van der Waals surface area contributed by atoms with Gasteiger partial charge in [0.25, 0.3) is 5.91 Å². The Balaban J connectivity index is 1.95. The zero-order valence-corrected chi connectivity index (χ0v) is 12.5. The lowest BCUT2D eigenvalue weighted by molar-refractivity contribution is -0.137. The van der Waals surface area contributed by atoms with Gasteiger partial charge in [0.15, 0.2) is 0 Å². The number of aliphatic carboxylic acids is 1. The zero-order valence-electron chi connectivity index (χ0n) is 12.5. The molecule has 0 spiro atoms. The summed E-state index contributed by atoms with van der Waals surface area (Å²) in [6.07, 6.45) is -0.410. The molecule has 1 unspecified atom stereocenters. The third-order valence-corrected chi connectivity index (χ3v) is 3.83. The maximum atomic E-state index is 12.7. The van der Waals surface area contributed by atoms with Crippen LogP contribution in [0.2, 0.25) is 0 Å². The highest BCUT2D eigenvalue weighted by Crippen LogP contribution is 2.31. The van der Waals surface area contributed by atoms with Crippen LogP contribution in [0.3, 0.4) is 0 Å². The summed E-state index contributed by atoms with van der Waals surface area (Å²) in [4.78, 5) is 25.1. The predicted molar refractivity (Wildman–Crippen MR) is 84.4 cm³/mol. The van der Waals surface area contributed by atoms with Gasteiger partial charge in [0.2, 0.25) is 0 Å². The Morgan fingerprint density at radius 2 is 1.83 bits per heavy atom. The van der Waals surface area contributed by atoms with Crippen molar-refractivity contribution < 1.29 is 19.4 Å². The van der Waals surface area contributed by atoms with Gasteiger partial charge in [-0.25, -0.2) is 0 Å². The number of fused-ring (bicyclic) bond motifs is 1. The van der Waals surface area contributed by atoms with Crippen molar-refractivity contribution in [1.82, 2.24) is 4.90 Å². The van der Waals surface area contributed by atoms with E-state index in [4.69, 9.17) is 9.84 Å². The van der Waals surface area contributed by atoms with Crippen LogP contribution in [0.4, 0.5) is 0 Å². The van der Waals surface area contributed by atoms with Gasteiger partial charge in [0, 0.05) is 6.54 Å². The third kappa shape index (κ3) is 3.34. The molecule has 0 aromatic heterocycles. The molecular weight excluding hydrogens is 294 g/mol. The number of carboxylic acids is 1. The molecule has 23 heavy (non-hydrogen) atoms. The average Bonchev–Trinajstić information content (AvgIpc) is 2.71. The first kappa shape index (κ1) is 15.1. The highest BCUT2D eigenvalue weighted by atomic mass is 16.5. The van der Waals surface area contributed by atoms with Crippen LogP contribution in [-0.4, -0.2) is 35.0 Å². The van der Waals surface area contributed by atoms with Crippen LogP contribution >= 0.6 is 0 Å². The fourth-order valence-corrected chi connectivity index (χ4v) is 2.65. The Morgan fingerprint density at radius 1 is 1.13 bits per heavy atom. The Hall–Kier alpha value is -2.82. The molecule has 1 aliphatic heterocycles. The quantitative estimate of drug-likeness (QED) is 0.943. The lowest BCUT2D eigenvalue weighted by atomic mass is 10.1. The second kappa shape index (κ2) is 6.52. The van der Waals surface area contributed by atoms with Crippen LogP contribution < -0.4 is 4.74 Å². The van der Waals surface area contributed by atoms with Crippen molar-refractivity contribution in [2.75, 3.05) is 13.1 Å². The van der Waals surface area contributed by atoms with Gasteiger partial charge in [-0.15, -0.1) is 0 Å². The summed E-state index contributed by atoms with van der Waals surface area (Å²) in [5.41, 5.74) is 1.42. The maximum Gasteiger partial charge on any atom is 0.305 e. The van der Waals surface area contributed by atoms with Gasteiger partial charge in [0.1, 0.15) is 11.9 Å². The number of rotatable bonds is 4. The van der Waals surface area contributed by atoms with Crippen molar-refractivity contribution in [3.05, 3.63) is 65.7 Å². The second-order valence-electron chi connectivity index (χ2n) is 5.41. The Bertz CT molecular complexity index is 714. The second-order valence-corrected chi connectivity index (χ2v) is 5.41. The van der Waals surface area contributed by atoms with E-state index in [0.29, 0.717) is 17.9 Å². The molecule has 0 fully saturated rings. The molecule has 1 N–H and O–H groups in total. The summed E-state index contributed by atoms with van der Waals surface area (Å²) in [5.74, 6) is -0.586. The fourth-order valence-electron chi connectivity index (χ4n) is 2.65. The zero-order chi connectivity index (χ0) is 16.2. The predicted octanol–water partition coefficient (Wildman–Crippen LogP) is 2.74. The number of hydrogen-bond donors (Lipinski definition) is 1. The van der Waals surface area contributed by atoms with E-state index in [0.717, 1.165) is 5.56 Å². The van der Waals surface area contributed by atoms with Crippen molar-refractivity contribution in [3.63, 3.8) is 0 Å². The Kier molecular flexibility index (Phi) is 4.28. The minimum absolute atomic E-state index is 0.0879. The standard InChI is InChI=1S/C18H17NO4/c20-17(21)10-11-19-12-16(13-6-2-1-3-7-13)23-15-9-5-4-8-14(15)18(19)22/h1-9,16H,10-12H2,(H,20,21). The number of benzene rings is 2. The lowest BCUT2D eigenvalue weighted by Gasteiger charge is -2.24. The van der Waals surface area contributed by atoms with Gasteiger partial charge < -0.3 is 14.7 Å². The number of carboxylic acid groups (broad SMARTS) is 1. The van der Waals surface area contributed by atoms with Crippen molar-refractivity contribution in [1.29, 1.82) is 0 Å². The van der Waals surface area contributed by atoms with Crippen LogP contribution in [-0.2, 0) is 4.79 Å². The SMILES string of the molecule is O=C(O)CCN1CC(c2ccccc2)Oc2ccccc2C1=O. The number of amides is 1. The summed E-state index contributed by atoms with van der Waals surface area (Å²) < 4.78 is 6.04. The summed E-state index contributed by atoms with van der Waals surface area (Å²) in [5, 5.41) is 8.91. The molecule has 2 aromatic rings. The molecule has 0 saturated carbocycles. The molecule has 2 aromatic carbocycles. The van der Waals surface area contributed by atoms with E-state index in [1.54, 1.807) is 23.1 Å². The highest BCUT2D eigenvalue weighted by Gasteiger charge is 2.29. The molecule has 0 radical (unpaired) electrons. The van der Waals surface area contributed by atoms with E-state index in [9.17, 15) is 9.59 Å². The number of ether oxygens (including phenoxy) is 1. The van der Waals surface area contributed by atoms with Gasteiger partial charge >= 0.3 is 5.97 Å². The van der Waals surface area contributed by atoms with Gasteiger partial charge in [-0.2, -0.15) is 0 Å². The number of para-hydroxylation sites is 1. The molecule has 0 aliphatic carbocycles. The van der Waals surface area contributed by atoms with Crippen LogP contribution in [0.5, 0.6) is 5.75 Å². The van der Waals surface area contributed by atoms with E-state index in [2.05, 4.69) is 0 Å². The highest BCUT2D eigenvalue weighted by molar-refractivity contribution is 5.97. The van der Waals surface area contributed by atoms with E-state index in [1.165, 1.54) is 0 Å². The fraction of sp³-hybridized carbons (Fsp3) is 0.222. The van der Waals surface area contributed by atoms with E-state index >= 15 is 0 Å². The Morgan fingerprint density at radius 3 is 2.57 bits per heavy atom. The van der Waals surface area contributed by atoms with Crippen LogP contribution in [0.25, 0.3) is 0 Å². The van der Waals surface area contributed by atoms with Crippen LogP contribution in [0, 0.1) is 0 Å². The normalized spacial score (nSPS) is 17.1. The van der Waals surface area contributed by atoms with Gasteiger partial charge in [0.05, 0.1) is 18.5 Å². The summed E-state index contributed by atoms with van der Waals surface area (Å²) in [6, 6.07) is 16.7. The van der Waals surface area contributed by atoms with Crippen LogP contribution in [0.1, 0.15) is 28.4 Å². The number of carbonyl (C=O) groups is 2. The summed E-state index contributed by atoms with van der Waals surface area (Å²) >= 11 is 0. The number of carbonyl (C=O) groups excluding carboxylic acids is 1. The smallest absolute Gasteiger partial charge is 0.305 e. The molecule has 1 aliphatic rings. The average molecular weight is 311 g/mol. The van der Waals surface area contributed by atoms with Crippen molar-refractivity contribution in [2.45, 2.75) is 12.5 Å². The molecule has 3 rings (SSSR count). The van der Waals surface area contributed by atoms with Crippen molar-refractivity contribution in [2.24, 2.45) is 0 Å². The lowest BCUT2D eigenvalue weighted by Crippen LogP contribution is -2.35. The van der Waals surface area contributed by atoms with Gasteiger partial charge in [-0.3, -0.25) is 9.59 Å². The van der Waals surface area contributed by atoms with Crippen molar-refractivity contribution >= 4 is 11.9 Å². The first-order chi connectivity index (χ1) is 11.1. The van der Waals surface area contributed by atoms with E-state index in [-0.39, 0.29) is 25.0 Å². The third-order valence-electron chi connectivity index (χ3n) is 3.83. The topological polar surface area (TPSA) is 66.8 Å². The molecule has 5 heteroatoms. The molecular formula is C18H17NO4. The van der Waals surface area contributed by atoms with Crippen LogP contribution in [0.15, 0.2) is 54.6 Å². The summed E-state index contributed by atoms with van der Waals surface area (Å²) in [6.45, 7) is 0.486. The first-order valence-electron chi connectivity index (χ1n) is 7.47. The maximum absolute atomic E-state index is 12.7. The minimum atomic E-state index is -0.924. The van der Waals surface area contributed by atoms with Gasteiger partial charge in [-0.05, 0) is 17.7 Å². The molecule has 0 saturated heterocycles. The molecule has 1 amide bonds. The first-order valence-corrected chi connectivity index (χ1v) is 7.47. The Labute approximate surface area is 134 Å². The molecule has 1 heterocycles. The number of nitrogens with zero attached hydrogens (tertiary/aromatic N) is 1. The monoisotopic (exact) mass is 311 g/mol. The molecule has 118 valence electrons. The minimum Gasteiger partial charge on any atom is -0.483 e. The van der Waals surface area contributed by atoms with E-state index in [1.807, 2.05) is 36.4 Å².